The fourth-order valence-corrected chi connectivity index (χ4v) is 3.18. The summed E-state index contributed by atoms with van der Waals surface area (Å²) in [5.74, 6) is 0.121. The molecule has 1 aromatic carbocycles. The Balaban J connectivity index is 2.16. The number of likely N-dealkylation sites (tertiary alicyclic amines) is 1. The highest BCUT2D eigenvalue weighted by molar-refractivity contribution is 14.1. The number of carbonyl (C=O) groups excluding carboxylic acids is 2. The summed E-state index contributed by atoms with van der Waals surface area (Å²) in [6.45, 7) is 6.09. The van der Waals surface area contributed by atoms with E-state index in [4.69, 9.17) is 4.74 Å². The van der Waals surface area contributed by atoms with Crippen molar-refractivity contribution in [3.8, 4) is 0 Å². The van der Waals surface area contributed by atoms with Crippen molar-refractivity contribution in [2.24, 2.45) is 0 Å². The molecular formula is C17H22INO3. The van der Waals surface area contributed by atoms with Crippen LogP contribution in [0.4, 0.5) is 4.79 Å². The Bertz CT molecular complexity index is 565. The summed E-state index contributed by atoms with van der Waals surface area (Å²) >= 11 is 2.25. The van der Waals surface area contributed by atoms with E-state index in [2.05, 4.69) is 28.7 Å². The van der Waals surface area contributed by atoms with Gasteiger partial charge in [0.2, 0.25) is 0 Å². The third-order valence-electron chi connectivity index (χ3n) is 3.52. The molecule has 1 fully saturated rings. The van der Waals surface area contributed by atoms with Gasteiger partial charge in [-0.2, -0.15) is 0 Å². The summed E-state index contributed by atoms with van der Waals surface area (Å²) in [5.41, 5.74) is 0.519. The summed E-state index contributed by atoms with van der Waals surface area (Å²) in [6.07, 6.45) is 1.40. The van der Waals surface area contributed by atoms with E-state index in [1.807, 2.05) is 39.0 Å². The van der Waals surface area contributed by atoms with Crippen molar-refractivity contribution in [2.75, 3.05) is 6.54 Å². The number of halogens is 1. The zero-order valence-electron chi connectivity index (χ0n) is 13.3. The maximum atomic E-state index is 12.4. The van der Waals surface area contributed by atoms with Gasteiger partial charge in [-0.3, -0.25) is 9.69 Å². The Morgan fingerprint density at radius 3 is 2.77 bits per heavy atom. The Kier molecular flexibility index (Phi) is 5.47. The molecule has 1 aliphatic rings. The minimum atomic E-state index is -0.551. The molecule has 1 amide bonds. The van der Waals surface area contributed by atoms with Crippen molar-refractivity contribution < 1.29 is 14.3 Å². The van der Waals surface area contributed by atoms with Gasteiger partial charge in [-0.15, -0.1) is 0 Å². The molecule has 5 heteroatoms. The molecular weight excluding hydrogens is 393 g/mol. The number of ketones is 1. The standard InChI is InChI=1S/C17H22INO3/c1-17(2,3)22-16(21)19-9-5-8-15(20)14(19)11-12-6-4-7-13(18)10-12/h4,6-7,10,14H,5,8-9,11H2,1-3H3/t14-/m0/s1. The van der Waals surface area contributed by atoms with Crippen LogP contribution in [-0.4, -0.2) is 35.0 Å². The molecule has 22 heavy (non-hydrogen) atoms. The highest BCUT2D eigenvalue weighted by atomic mass is 127. The molecule has 4 nitrogen and oxygen atoms in total. The van der Waals surface area contributed by atoms with Gasteiger partial charge in [-0.05, 0) is 67.5 Å². The lowest BCUT2D eigenvalue weighted by atomic mass is 9.95. The summed E-state index contributed by atoms with van der Waals surface area (Å²) in [4.78, 5) is 26.3. The zero-order chi connectivity index (χ0) is 16.3. The van der Waals surface area contributed by atoms with Crippen molar-refractivity contribution in [2.45, 2.75) is 51.7 Å². The first-order chi connectivity index (χ1) is 10.3. The van der Waals surface area contributed by atoms with E-state index in [0.717, 1.165) is 9.13 Å². The van der Waals surface area contributed by atoms with Crippen molar-refractivity contribution in [1.29, 1.82) is 0 Å². The van der Waals surface area contributed by atoms with Crippen LogP contribution in [0, 0.1) is 3.57 Å². The maximum Gasteiger partial charge on any atom is 0.410 e. The van der Waals surface area contributed by atoms with E-state index in [9.17, 15) is 9.59 Å². The van der Waals surface area contributed by atoms with Gasteiger partial charge >= 0.3 is 6.09 Å². The molecule has 0 aliphatic carbocycles. The van der Waals surface area contributed by atoms with E-state index < -0.39 is 17.7 Å². The average Bonchev–Trinajstić information content (AvgIpc) is 2.39. The number of nitrogens with zero attached hydrogens (tertiary/aromatic N) is 1. The fraction of sp³-hybridized carbons (Fsp3) is 0.529. The number of Topliss-reactive ketones (excluding diaryl/α,β-unsaturated/α-hetero) is 1. The molecule has 120 valence electrons. The first kappa shape index (κ1) is 17.2. The second kappa shape index (κ2) is 6.98. The van der Waals surface area contributed by atoms with Crippen molar-refractivity contribution in [3.63, 3.8) is 0 Å². The fourth-order valence-electron chi connectivity index (χ4n) is 2.57. The van der Waals surface area contributed by atoms with Crippen LogP contribution < -0.4 is 0 Å². The van der Waals surface area contributed by atoms with E-state index in [-0.39, 0.29) is 5.78 Å². The molecule has 1 heterocycles. The zero-order valence-corrected chi connectivity index (χ0v) is 15.4. The predicted molar refractivity (Wildman–Crippen MR) is 93.8 cm³/mol. The number of hydrogen-bond donors (Lipinski definition) is 0. The second-order valence-corrected chi connectivity index (χ2v) is 7.84. The van der Waals surface area contributed by atoms with Crippen molar-refractivity contribution in [1.82, 2.24) is 4.90 Å². The molecule has 2 rings (SSSR count). The number of hydrogen-bond acceptors (Lipinski definition) is 3. The van der Waals surface area contributed by atoms with Crippen LogP contribution in [0.1, 0.15) is 39.2 Å². The Hall–Kier alpha value is -1.11. The summed E-state index contributed by atoms with van der Waals surface area (Å²) in [7, 11) is 0. The van der Waals surface area contributed by atoms with Gasteiger partial charge in [0.05, 0.1) is 6.04 Å². The van der Waals surface area contributed by atoms with E-state index in [1.54, 1.807) is 4.90 Å². The Morgan fingerprint density at radius 2 is 2.14 bits per heavy atom. The molecule has 0 aromatic heterocycles. The number of amides is 1. The number of ether oxygens (including phenoxy) is 1. The quantitative estimate of drug-likeness (QED) is 0.691. The number of benzene rings is 1. The van der Waals surface area contributed by atoms with Crippen LogP contribution in [0.5, 0.6) is 0 Å². The van der Waals surface area contributed by atoms with Crippen LogP contribution in [-0.2, 0) is 16.0 Å². The minimum Gasteiger partial charge on any atom is -0.444 e. The van der Waals surface area contributed by atoms with Gasteiger partial charge in [0, 0.05) is 23.0 Å². The first-order valence-electron chi connectivity index (χ1n) is 7.53. The molecule has 0 radical (unpaired) electrons. The predicted octanol–water partition coefficient (Wildman–Crippen LogP) is 3.80. The lowest BCUT2D eigenvalue weighted by Gasteiger charge is -2.35. The van der Waals surface area contributed by atoms with E-state index in [1.165, 1.54) is 0 Å². The summed E-state index contributed by atoms with van der Waals surface area (Å²) in [5, 5.41) is 0. The third kappa shape index (κ3) is 4.69. The molecule has 1 atom stereocenters. The molecule has 0 N–H and O–H groups in total. The highest BCUT2D eigenvalue weighted by Crippen LogP contribution is 2.22. The number of carbonyl (C=O) groups is 2. The largest absolute Gasteiger partial charge is 0.444 e. The van der Waals surface area contributed by atoms with Gasteiger partial charge in [0.25, 0.3) is 0 Å². The van der Waals surface area contributed by atoms with Crippen molar-refractivity contribution in [3.05, 3.63) is 33.4 Å². The van der Waals surface area contributed by atoms with Gasteiger partial charge in [-0.25, -0.2) is 4.79 Å². The molecule has 1 aromatic rings. The summed E-state index contributed by atoms with van der Waals surface area (Å²) in [6, 6.07) is 7.62. The smallest absolute Gasteiger partial charge is 0.410 e. The van der Waals surface area contributed by atoms with E-state index >= 15 is 0 Å². The number of piperidine rings is 1. The van der Waals surface area contributed by atoms with Gasteiger partial charge in [0.1, 0.15) is 5.60 Å². The van der Waals surface area contributed by atoms with E-state index in [0.29, 0.717) is 25.8 Å². The van der Waals surface area contributed by atoms with Crippen LogP contribution in [0.25, 0.3) is 0 Å². The Labute approximate surface area is 145 Å². The molecule has 0 saturated carbocycles. The van der Waals surface area contributed by atoms with Crippen LogP contribution in [0.3, 0.4) is 0 Å². The average molecular weight is 415 g/mol. The maximum absolute atomic E-state index is 12.4. The summed E-state index contributed by atoms with van der Waals surface area (Å²) < 4.78 is 6.58. The monoisotopic (exact) mass is 415 g/mol. The first-order valence-corrected chi connectivity index (χ1v) is 8.61. The minimum absolute atomic E-state index is 0.121. The Morgan fingerprint density at radius 1 is 1.41 bits per heavy atom. The highest BCUT2D eigenvalue weighted by Gasteiger charge is 2.35. The lowest BCUT2D eigenvalue weighted by Crippen LogP contribution is -2.51. The SMILES string of the molecule is CC(C)(C)OC(=O)N1CCCC(=O)[C@@H]1Cc1cccc(I)c1. The topological polar surface area (TPSA) is 46.6 Å². The molecule has 1 saturated heterocycles. The van der Waals surface area contributed by atoms with Crippen LogP contribution >= 0.6 is 22.6 Å². The van der Waals surface area contributed by atoms with Gasteiger partial charge in [-0.1, -0.05) is 12.1 Å². The van der Waals surface area contributed by atoms with Crippen molar-refractivity contribution >= 4 is 34.5 Å². The van der Waals surface area contributed by atoms with Crippen LogP contribution in [0.2, 0.25) is 0 Å². The second-order valence-electron chi connectivity index (χ2n) is 6.59. The molecule has 0 spiro atoms. The lowest BCUT2D eigenvalue weighted by molar-refractivity contribution is -0.126. The van der Waals surface area contributed by atoms with Gasteiger partial charge < -0.3 is 4.74 Å². The number of rotatable bonds is 2. The normalized spacial score (nSPS) is 19.2. The third-order valence-corrected chi connectivity index (χ3v) is 4.19. The molecule has 1 aliphatic heterocycles. The van der Waals surface area contributed by atoms with Gasteiger partial charge in [0.15, 0.2) is 5.78 Å². The molecule has 0 bridgehead atoms. The van der Waals surface area contributed by atoms with Crippen LogP contribution in [0.15, 0.2) is 24.3 Å². The molecule has 0 unspecified atom stereocenters.